The highest BCUT2D eigenvalue weighted by atomic mass is 32.3. The normalized spacial score (nSPS) is 16.0. The van der Waals surface area contributed by atoms with Crippen molar-refractivity contribution >= 4 is 62.5 Å². The molecule has 24 heteroatoms. The van der Waals surface area contributed by atoms with Crippen molar-refractivity contribution in [1.82, 2.24) is 25.2 Å². The van der Waals surface area contributed by atoms with Crippen molar-refractivity contribution in [2.45, 2.75) is 124 Å². The fourth-order valence-electron chi connectivity index (χ4n) is 5.71. The second-order valence-electron chi connectivity index (χ2n) is 18.0. The molecule has 0 saturated carbocycles. The first-order chi connectivity index (χ1) is 29.4. The van der Waals surface area contributed by atoms with Crippen molar-refractivity contribution in [3.63, 3.8) is 0 Å². The number of carbonyl (C=O) groups excluding carboxylic acids is 5. The molecule has 0 bridgehead atoms. The molecule has 4 amide bonds. The number of aromatic nitrogens is 3. The molecule has 352 valence electrons. The maximum atomic E-state index is 13.9. The number of oxime groups is 1. The Balaban J connectivity index is 1.53. The highest BCUT2D eigenvalue weighted by Gasteiger charge is 2.58. The van der Waals surface area contributed by atoms with Crippen LogP contribution in [0.1, 0.15) is 88.3 Å². The van der Waals surface area contributed by atoms with Gasteiger partial charge in [0.1, 0.15) is 47.1 Å². The van der Waals surface area contributed by atoms with Gasteiger partial charge >= 0.3 is 28.6 Å². The zero-order valence-corrected chi connectivity index (χ0v) is 39.5. The summed E-state index contributed by atoms with van der Waals surface area (Å²) in [6.07, 6.45) is 1.67. The Kier molecular flexibility index (Phi) is 15.8. The molecule has 2 atom stereocenters. The molecule has 22 nitrogen and oxygen atoms in total. The molecule has 0 aliphatic carbocycles. The second-order valence-corrected chi connectivity index (χ2v) is 19.9. The van der Waals surface area contributed by atoms with E-state index in [0.29, 0.717) is 30.3 Å². The highest BCUT2D eigenvalue weighted by Crippen LogP contribution is 2.33. The number of carbonyl (C=O) groups is 5. The predicted octanol–water partition coefficient (Wildman–Crippen LogP) is 4.05. The van der Waals surface area contributed by atoms with Crippen molar-refractivity contribution < 1.29 is 69.6 Å². The average molecular weight is 938 g/mol. The Morgan fingerprint density at radius 1 is 0.969 bits per heavy atom. The third-order valence-electron chi connectivity index (χ3n) is 8.43. The first-order valence-corrected chi connectivity index (χ1v) is 22.2. The molecule has 1 aliphatic heterocycles. The van der Waals surface area contributed by atoms with Crippen LogP contribution in [-0.4, -0.2) is 111 Å². The van der Waals surface area contributed by atoms with Gasteiger partial charge in [0, 0.05) is 23.9 Å². The maximum absolute atomic E-state index is 13.9. The summed E-state index contributed by atoms with van der Waals surface area (Å²) in [7, 11) is -3.19. The molecule has 0 spiro atoms. The van der Waals surface area contributed by atoms with Crippen LogP contribution in [0, 0.1) is 0 Å². The molecule has 4 N–H and O–H groups in total. The molecule has 3 aromatic rings. The number of β-lactam (4-membered cyclic amide) rings is 1. The van der Waals surface area contributed by atoms with Crippen LogP contribution in [0.5, 0.6) is 5.75 Å². The number of imidazole rings is 1. The first-order valence-electron chi connectivity index (χ1n) is 19.9. The summed E-state index contributed by atoms with van der Waals surface area (Å²) in [6, 6.07) is 5.62. The van der Waals surface area contributed by atoms with E-state index < -0.39 is 87.2 Å². The van der Waals surface area contributed by atoms with Crippen LogP contribution in [0.3, 0.4) is 0 Å². The number of nitrogens with zero attached hydrogens (tertiary/aromatic N) is 5. The number of hydroxylamine groups is 2. The Morgan fingerprint density at radius 3 is 2.16 bits per heavy atom. The molecule has 1 fully saturated rings. The predicted molar refractivity (Wildman–Crippen MR) is 230 cm³/mol. The SMILES string of the molecule is Cn1c[n+](CCCNC(=O)OC(C)(C)C)cc1-c1ccc(OC[C@H](O/N=C(\C(=O)NC2C(=O)N(OS(=O)(=O)O)C2(C)C)c2csc(NC(=O)OC(C)(C)C)n2)C(=O)OC(C)(C)C)cc1. The number of thiazole rings is 1. The van der Waals surface area contributed by atoms with Crippen molar-refractivity contribution in [1.29, 1.82) is 0 Å². The topological polar surface area (TPSA) is 268 Å². The number of alkyl carbamates (subject to hydrolysis) is 1. The largest absolute Gasteiger partial charge is 0.489 e. The number of benzene rings is 1. The lowest BCUT2D eigenvalue weighted by molar-refractivity contribution is -0.696. The number of ether oxygens (including phenoxy) is 4. The molecular formula is C40H57N8O14S2+. The molecule has 4 rings (SSSR count). The van der Waals surface area contributed by atoms with Crippen LogP contribution in [0.15, 0.2) is 47.3 Å². The summed E-state index contributed by atoms with van der Waals surface area (Å²) in [4.78, 5) is 74.6. The van der Waals surface area contributed by atoms with Gasteiger partial charge in [0.25, 0.3) is 17.9 Å². The Bertz CT molecular complexity index is 2320. The lowest BCUT2D eigenvalue weighted by atomic mass is 9.84. The zero-order chi connectivity index (χ0) is 48.0. The Hall–Kier alpha value is -5.85. The number of hydrogen-bond acceptors (Lipinski definition) is 16. The van der Waals surface area contributed by atoms with E-state index in [1.807, 2.05) is 40.8 Å². The summed E-state index contributed by atoms with van der Waals surface area (Å²) < 4.78 is 62.2. The van der Waals surface area contributed by atoms with Crippen LogP contribution in [0.2, 0.25) is 0 Å². The van der Waals surface area contributed by atoms with Gasteiger partial charge in [0.15, 0.2) is 16.5 Å². The molecule has 0 radical (unpaired) electrons. The van der Waals surface area contributed by atoms with E-state index in [4.69, 9.17) is 28.3 Å². The van der Waals surface area contributed by atoms with Crippen LogP contribution in [0.4, 0.5) is 14.7 Å². The highest BCUT2D eigenvalue weighted by molar-refractivity contribution is 7.80. The average Bonchev–Trinajstić information content (AvgIpc) is 3.75. The number of anilines is 1. The van der Waals surface area contributed by atoms with E-state index in [1.165, 1.54) is 19.2 Å². The summed E-state index contributed by atoms with van der Waals surface area (Å²) in [5, 5.41) is 13.3. The van der Waals surface area contributed by atoms with Crippen LogP contribution in [-0.2, 0) is 61.7 Å². The van der Waals surface area contributed by atoms with Crippen LogP contribution in [0.25, 0.3) is 11.3 Å². The van der Waals surface area contributed by atoms with Gasteiger partial charge in [-0.2, -0.15) is 13.5 Å². The fourth-order valence-corrected chi connectivity index (χ4v) is 6.84. The fraction of sp³-hybridized carbons (Fsp3) is 0.550. The lowest BCUT2D eigenvalue weighted by Crippen LogP contribution is -2.76. The third kappa shape index (κ3) is 15.2. The summed E-state index contributed by atoms with van der Waals surface area (Å²) in [5.74, 6) is -2.64. The van der Waals surface area contributed by atoms with E-state index in [9.17, 15) is 32.4 Å². The van der Waals surface area contributed by atoms with Gasteiger partial charge in [-0.25, -0.2) is 28.5 Å². The monoisotopic (exact) mass is 937 g/mol. The van der Waals surface area contributed by atoms with Gasteiger partial charge in [-0.3, -0.25) is 19.5 Å². The number of esters is 1. The molecule has 2 aromatic heterocycles. The van der Waals surface area contributed by atoms with Crippen molar-refractivity contribution in [3.05, 3.63) is 47.9 Å². The molecule has 1 aliphatic rings. The van der Waals surface area contributed by atoms with Gasteiger partial charge < -0.3 is 34.4 Å². The van der Waals surface area contributed by atoms with Crippen molar-refractivity contribution in [2.24, 2.45) is 12.2 Å². The molecular weight excluding hydrogens is 881 g/mol. The standard InChI is InChI=1S/C40H56N8O14S2/c1-37(2,3)58-33(51)28(21-57-25-16-14-24(15-17-25)27-20-47(23-46(27)12)19-13-18-41-35(52)59-38(4,5)6)61-45-29(26-22-63-34(42-26)44-36(53)60-39(7,8)9)31(49)43-30-32(50)48(40(30,10)11)62-64(54,55)56/h14-17,20,22-23,28,30H,13,18-19,21H2,1-12H3,(H3-,41,42,43,44,49,52,53,54,55,56)/p+1/b45-29-/t28-,30?/m0/s1. The minimum atomic E-state index is -5.08. The lowest BCUT2D eigenvalue weighted by Gasteiger charge is -2.50. The number of hydrogen-bond donors (Lipinski definition) is 4. The molecule has 1 unspecified atom stereocenters. The van der Waals surface area contributed by atoms with E-state index in [-0.39, 0.29) is 10.8 Å². The van der Waals surface area contributed by atoms with E-state index in [0.717, 1.165) is 22.6 Å². The third-order valence-corrected chi connectivity index (χ3v) is 9.53. The maximum Gasteiger partial charge on any atom is 0.418 e. The van der Waals surface area contributed by atoms with Crippen LogP contribution < -0.4 is 25.3 Å². The Labute approximate surface area is 375 Å². The summed E-state index contributed by atoms with van der Waals surface area (Å²) in [5.41, 5.74) is -2.88. The smallest absolute Gasteiger partial charge is 0.418 e. The summed E-state index contributed by atoms with van der Waals surface area (Å²) in [6.45, 7) is 18.6. The number of rotatable bonds is 17. The van der Waals surface area contributed by atoms with Crippen molar-refractivity contribution in [3.8, 4) is 17.0 Å². The van der Waals surface area contributed by atoms with E-state index in [1.54, 1.807) is 74.4 Å². The number of aryl methyl sites for hydroxylation is 2. The van der Waals surface area contributed by atoms with Gasteiger partial charge in [-0.1, -0.05) is 5.16 Å². The Morgan fingerprint density at radius 2 is 1.58 bits per heavy atom. The minimum absolute atomic E-state index is 0.00856. The van der Waals surface area contributed by atoms with Gasteiger partial charge in [-0.05, 0) is 100 Å². The summed E-state index contributed by atoms with van der Waals surface area (Å²) >= 11 is 0.893. The minimum Gasteiger partial charge on any atom is -0.489 e. The van der Waals surface area contributed by atoms with Gasteiger partial charge in [0.05, 0.1) is 19.1 Å². The molecule has 64 heavy (non-hydrogen) atoms. The zero-order valence-electron chi connectivity index (χ0n) is 37.8. The van der Waals surface area contributed by atoms with Gasteiger partial charge in [-0.15, -0.1) is 15.6 Å². The molecule has 3 heterocycles. The second kappa shape index (κ2) is 19.9. The van der Waals surface area contributed by atoms with Crippen molar-refractivity contribution in [2.75, 3.05) is 18.5 Å². The molecule has 1 saturated heterocycles. The van der Waals surface area contributed by atoms with E-state index in [2.05, 4.69) is 30.4 Å². The van der Waals surface area contributed by atoms with Crippen LogP contribution >= 0.6 is 11.3 Å². The molecule has 1 aromatic carbocycles. The number of nitrogens with one attached hydrogen (secondary N) is 3. The number of amides is 4. The van der Waals surface area contributed by atoms with Gasteiger partial charge in [0.2, 0.25) is 6.33 Å². The quantitative estimate of drug-likeness (QED) is 0.0217. The van der Waals surface area contributed by atoms with E-state index >= 15 is 0 Å². The first kappa shape index (κ1) is 50.8.